The molecule has 0 saturated carbocycles. The number of hydrogen-bond donors (Lipinski definition) is 4. The molecule has 45 heavy (non-hydrogen) atoms. The molecule has 1 aliphatic carbocycles. The third kappa shape index (κ3) is 7.44. The summed E-state index contributed by atoms with van der Waals surface area (Å²) in [6.45, 7) is 1.87. The molecule has 10 nitrogen and oxygen atoms in total. The third-order valence-electron chi connectivity index (χ3n) is 9.55. The van der Waals surface area contributed by atoms with E-state index < -0.39 is 18.1 Å². The molecule has 0 bridgehead atoms. The summed E-state index contributed by atoms with van der Waals surface area (Å²) in [5.41, 5.74) is 16.4. The van der Waals surface area contributed by atoms with E-state index in [2.05, 4.69) is 5.32 Å². The first kappa shape index (κ1) is 32.3. The Morgan fingerprint density at radius 2 is 1.49 bits per heavy atom. The van der Waals surface area contributed by atoms with Gasteiger partial charge in [-0.1, -0.05) is 55.0 Å². The molecule has 2 aromatic carbocycles. The number of benzene rings is 2. The molecule has 2 aromatic rings. The summed E-state index contributed by atoms with van der Waals surface area (Å²) >= 11 is 0. The standard InChI is InChI=1S/C35H46N6O4/c36-30(37)17-7-6-15-27(29(42)18-19-31(43)40-20-8-1-9-21-40)39-34(44)28-16-10-22-41(28)35(45)33(38)32-25-13-4-2-11-23(25)24-12-3-5-14-26(24)32/h2-5,11-14,27-28,32-33H,1,6-10,15-22,38H2,(H3,36,37)(H,39,44)/t27?,28-,33?/m0/s1. The molecule has 3 amide bonds. The van der Waals surface area contributed by atoms with Crippen LogP contribution in [0.5, 0.6) is 0 Å². The number of likely N-dealkylation sites (tertiary alicyclic amines) is 2. The molecular formula is C35H46N6O4. The van der Waals surface area contributed by atoms with Crippen molar-refractivity contribution in [2.24, 2.45) is 11.5 Å². The van der Waals surface area contributed by atoms with E-state index in [4.69, 9.17) is 16.9 Å². The second kappa shape index (κ2) is 14.8. The summed E-state index contributed by atoms with van der Waals surface area (Å²) in [6, 6.07) is 13.6. The molecule has 6 N–H and O–H groups in total. The van der Waals surface area contributed by atoms with Crippen LogP contribution in [0.2, 0.25) is 0 Å². The Morgan fingerprint density at radius 1 is 0.844 bits per heavy atom. The minimum Gasteiger partial charge on any atom is -0.388 e. The van der Waals surface area contributed by atoms with Crippen LogP contribution in [-0.4, -0.2) is 76.9 Å². The van der Waals surface area contributed by atoms with Crippen molar-refractivity contribution in [3.63, 3.8) is 0 Å². The zero-order chi connectivity index (χ0) is 31.9. The van der Waals surface area contributed by atoms with Gasteiger partial charge in [0.15, 0.2) is 5.78 Å². The maximum atomic E-state index is 14.0. The van der Waals surface area contributed by atoms with Crippen molar-refractivity contribution in [1.29, 1.82) is 5.41 Å². The van der Waals surface area contributed by atoms with E-state index in [0.29, 0.717) is 45.1 Å². The van der Waals surface area contributed by atoms with Gasteiger partial charge in [-0.3, -0.25) is 24.6 Å². The maximum Gasteiger partial charge on any atom is 0.243 e. The molecule has 2 aliphatic heterocycles. The summed E-state index contributed by atoms with van der Waals surface area (Å²) in [5.74, 6) is -1.10. The van der Waals surface area contributed by atoms with Crippen LogP contribution in [0.4, 0.5) is 0 Å². The number of fused-ring (bicyclic) bond motifs is 3. The van der Waals surface area contributed by atoms with E-state index >= 15 is 0 Å². The van der Waals surface area contributed by atoms with Gasteiger partial charge in [0.25, 0.3) is 0 Å². The fourth-order valence-corrected chi connectivity index (χ4v) is 7.17. The highest BCUT2D eigenvalue weighted by Gasteiger charge is 2.42. The van der Waals surface area contributed by atoms with Crippen molar-refractivity contribution >= 4 is 29.3 Å². The first-order valence-corrected chi connectivity index (χ1v) is 16.4. The number of nitrogens with two attached hydrogens (primary N) is 2. The monoisotopic (exact) mass is 614 g/mol. The molecule has 5 rings (SSSR count). The molecule has 0 radical (unpaired) electrons. The highest BCUT2D eigenvalue weighted by Crippen LogP contribution is 2.46. The molecule has 2 saturated heterocycles. The smallest absolute Gasteiger partial charge is 0.243 e. The Kier molecular flexibility index (Phi) is 10.7. The average Bonchev–Trinajstić information content (AvgIpc) is 3.68. The number of hydrogen-bond acceptors (Lipinski definition) is 6. The number of amides is 3. The molecular weight excluding hydrogens is 568 g/mol. The SMILES string of the molecule is N=C(N)CCCCC(NC(=O)[C@@H]1CCCN1C(=O)C(N)C1c2ccccc2-c2ccccc21)C(=O)CCC(=O)N1CCCCC1. The molecule has 10 heteroatoms. The van der Waals surface area contributed by atoms with Crippen LogP contribution in [0.25, 0.3) is 11.1 Å². The number of carbonyl (C=O) groups excluding carboxylic acids is 4. The van der Waals surface area contributed by atoms with Crippen molar-refractivity contribution in [2.45, 2.75) is 94.7 Å². The highest BCUT2D eigenvalue weighted by atomic mass is 16.2. The number of Topliss-reactive ketones (excluding diaryl/α,β-unsaturated/α-hetero) is 1. The van der Waals surface area contributed by atoms with Crippen molar-refractivity contribution in [3.8, 4) is 11.1 Å². The normalized spacial score (nSPS) is 19.0. The summed E-state index contributed by atoms with van der Waals surface area (Å²) in [7, 11) is 0. The number of piperidine rings is 1. The zero-order valence-corrected chi connectivity index (χ0v) is 26.0. The Bertz CT molecular complexity index is 1370. The lowest BCUT2D eigenvalue weighted by molar-refractivity contribution is -0.140. The molecule has 2 fully saturated rings. The fourth-order valence-electron chi connectivity index (χ4n) is 7.17. The fraction of sp³-hybridized carbons (Fsp3) is 0.514. The summed E-state index contributed by atoms with van der Waals surface area (Å²) in [6.07, 6.45) is 6.40. The lowest BCUT2D eigenvalue weighted by atomic mass is 9.89. The van der Waals surface area contributed by atoms with E-state index in [1.807, 2.05) is 53.4 Å². The van der Waals surface area contributed by atoms with Gasteiger partial charge in [-0.15, -0.1) is 0 Å². The van der Waals surface area contributed by atoms with Gasteiger partial charge in [0, 0.05) is 44.8 Å². The number of ketones is 1. The Labute approximate surface area is 265 Å². The molecule has 3 aliphatic rings. The van der Waals surface area contributed by atoms with Crippen molar-refractivity contribution in [2.75, 3.05) is 19.6 Å². The van der Waals surface area contributed by atoms with E-state index in [-0.39, 0.29) is 48.1 Å². The van der Waals surface area contributed by atoms with Gasteiger partial charge in [-0.05, 0) is 67.2 Å². The van der Waals surface area contributed by atoms with Gasteiger partial charge >= 0.3 is 0 Å². The van der Waals surface area contributed by atoms with Gasteiger partial charge in [0.1, 0.15) is 6.04 Å². The molecule has 240 valence electrons. The largest absolute Gasteiger partial charge is 0.388 e. The molecule has 2 heterocycles. The van der Waals surface area contributed by atoms with E-state index in [9.17, 15) is 19.2 Å². The second-order valence-corrected chi connectivity index (χ2v) is 12.6. The lowest BCUT2D eigenvalue weighted by Crippen LogP contribution is -2.54. The van der Waals surface area contributed by atoms with Crippen LogP contribution in [0.15, 0.2) is 48.5 Å². The number of nitrogens with zero attached hydrogens (tertiary/aromatic N) is 2. The van der Waals surface area contributed by atoms with Crippen molar-refractivity contribution < 1.29 is 19.2 Å². The number of rotatable bonds is 13. The average molecular weight is 615 g/mol. The first-order valence-electron chi connectivity index (χ1n) is 16.4. The summed E-state index contributed by atoms with van der Waals surface area (Å²) in [5, 5.41) is 10.4. The quantitative estimate of drug-likeness (QED) is 0.153. The molecule has 0 spiro atoms. The van der Waals surface area contributed by atoms with E-state index in [1.54, 1.807) is 4.90 Å². The van der Waals surface area contributed by atoms with Crippen LogP contribution < -0.4 is 16.8 Å². The Balaban J connectivity index is 1.25. The number of carbonyl (C=O) groups is 4. The number of nitrogens with one attached hydrogen (secondary N) is 2. The topological polar surface area (TPSA) is 163 Å². The summed E-state index contributed by atoms with van der Waals surface area (Å²) in [4.78, 5) is 57.2. The minimum atomic E-state index is -0.868. The van der Waals surface area contributed by atoms with Gasteiger partial charge in [0.05, 0.1) is 17.9 Å². The Morgan fingerprint density at radius 3 is 2.13 bits per heavy atom. The Hall–Kier alpha value is -4.05. The van der Waals surface area contributed by atoms with Gasteiger partial charge in [-0.2, -0.15) is 0 Å². The number of unbranched alkanes of at least 4 members (excludes halogenated alkanes) is 1. The van der Waals surface area contributed by atoms with Crippen LogP contribution >= 0.6 is 0 Å². The first-order chi connectivity index (χ1) is 21.8. The van der Waals surface area contributed by atoms with Gasteiger partial charge in [-0.25, -0.2) is 0 Å². The third-order valence-corrected chi connectivity index (χ3v) is 9.55. The maximum absolute atomic E-state index is 14.0. The van der Waals surface area contributed by atoms with Gasteiger partial charge in [0.2, 0.25) is 17.7 Å². The van der Waals surface area contributed by atoms with Crippen LogP contribution in [0, 0.1) is 5.41 Å². The zero-order valence-electron chi connectivity index (χ0n) is 26.0. The van der Waals surface area contributed by atoms with E-state index in [1.165, 1.54) is 0 Å². The molecule has 0 aromatic heterocycles. The van der Waals surface area contributed by atoms with Crippen molar-refractivity contribution in [3.05, 3.63) is 59.7 Å². The van der Waals surface area contributed by atoms with Crippen LogP contribution in [0.1, 0.15) is 87.7 Å². The van der Waals surface area contributed by atoms with E-state index in [0.717, 1.165) is 54.6 Å². The minimum absolute atomic E-state index is 0.0266. The lowest BCUT2D eigenvalue weighted by Gasteiger charge is -2.31. The predicted molar refractivity (Wildman–Crippen MR) is 173 cm³/mol. The molecule has 3 atom stereocenters. The second-order valence-electron chi connectivity index (χ2n) is 12.6. The highest BCUT2D eigenvalue weighted by molar-refractivity contribution is 5.96. The van der Waals surface area contributed by atoms with Crippen LogP contribution in [0.3, 0.4) is 0 Å². The predicted octanol–water partition coefficient (Wildman–Crippen LogP) is 3.46. The van der Waals surface area contributed by atoms with Crippen LogP contribution in [-0.2, 0) is 19.2 Å². The molecule has 2 unspecified atom stereocenters. The van der Waals surface area contributed by atoms with Crippen molar-refractivity contribution in [1.82, 2.24) is 15.1 Å². The number of amidine groups is 1. The summed E-state index contributed by atoms with van der Waals surface area (Å²) < 4.78 is 0. The van der Waals surface area contributed by atoms with Gasteiger partial charge < -0.3 is 26.6 Å².